The molecule has 4 amide bonds. The van der Waals surface area contributed by atoms with Crippen molar-refractivity contribution >= 4 is 28.2 Å². The molecule has 0 aliphatic carbocycles. The first-order valence-electron chi connectivity index (χ1n) is 8.46. The third kappa shape index (κ3) is 5.49. The summed E-state index contributed by atoms with van der Waals surface area (Å²) < 4.78 is 34.7. The number of hydrazine groups is 1. The zero-order valence-electron chi connectivity index (χ0n) is 14.5. The smallest absolute Gasteiger partial charge is 0.330 e. The summed E-state index contributed by atoms with van der Waals surface area (Å²) in [6, 6.07) is -3.19. The fourth-order valence-corrected chi connectivity index (χ4v) is 3.43. The van der Waals surface area contributed by atoms with Crippen LogP contribution in [-0.2, 0) is 24.3 Å². The quantitative estimate of drug-likeness (QED) is 0.165. The van der Waals surface area contributed by atoms with E-state index in [4.69, 9.17) is 16.0 Å². The van der Waals surface area contributed by atoms with Crippen LogP contribution in [0.4, 0.5) is 4.79 Å². The number of unbranched alkanes of at least 4 members (excludes halogenated alkanes) is 1. The second-order valence-electron chi connectivity index (χ2n) is 6.38. The summed E-state index contributed by atoms with van der Waals surface area (Å²) in [5, 5.41) is 0.536. The Balaban J connectivity index is 1.87. The van der Waals surface area contributed by atoms with Gasteiger partial charge < -0.3 is 16.4 Å². The van der Waals surface area contributed by atoms with Gasteiger partial charge in [0.1, 0.15) is 6.04 Å². The van der Waals surface area contributed by atoms with E-state index in [2.05, 4.69) is 15.1 Å². The Labute approximate surface area is 156 Å². The maximum absolute atomic E-state index is 12.3. The van der Waals surface area contributed by atoms with E-state index in [1.54, 1.807) is 0 Å². The van der Waals surface area contributed by atoms with Crippen molar-refractivity contribution in [3.05, 3.63) is 0 Å². The number of nitrogens with two attached hydrogens (primary N) is 2. The van der Waals surface area contributed by atoms with E-state index < -0.39 is 46.4 Å². The van der Waals surface area contributed by atoms with Gasteiger partial charge in [-0.05, 0) is 32.2 Å². The monoisotopic (exact) mass is 408 g/mol. The number of hydroxylamine groups is 2. The highest BCUT2D eigenvalue weighted by Gasteiger charge is 2.49. The van der Waals surface area contributed by atoms with Crippen molar-refractivity contribution in [2.75, 3.05) is 13.1 Å². The van der Waals surface area contributed by atoms with Crippen LogP contribution < -0.4 is 22.3 Å². The van der Waals surface area contributed by atoms with E-state index in [0.29, 0.717) is 24.4 Å². The first-order valence-corrected chi connectivity index (χ1v) is 9.82. The normalized spacial score (nSPS) is 23.3. The van der Waals surface area contributed by atoms with Crippen molar-refractivity contribution < 1.29 is 31.6 Å². The van der Waals surface area contributed by atoms with Gasteiger partial charge in [0.15, 0.2) is 0 Å². The highest BCUT2D eigenvalue weighted by Crippen LogP contribution is 2.30. The van der Waals surface area contributed by atoms with Crippen LogP contribution in [0.15, 0.2) is 0 Å². The van der Waals surface area contributed by atoms with Gasteiger partial charge in [-0.3, -0.25) is 25.0 Å². The molecule has 0 spiro atoms. The highest BCUT2D eigenvalue weighted by molar-refractivity contribution is 7.80. The number of rotatable bonds is 8. The van der Waals surface area contributed by atoms with E-state index >= 15 is 0 Å². The van der Waals surface area contributed by atoms with Gasteiger partial charge in [-0.15, -0.1) is 4.28 Å². The van der Waals surface area contributed by atoms with Crippen molar-refractivity contribution in [3.8, 4) is 0 Å². The molecule has 0 aromatic rings. The lowest BCUT2D eigenvalue weighted by atomic mass is 10.0. The van der Waals surface area contributed by atoms with Crippen LogP contribution in [0.3, 0.4) is 0 Å². The van der Waals surface area contributed by atoms with Crippen LogP contribution in [0.2, 0.25) is 0 Å². The fraction of sp³-hybridized carbons (Fsp3) is 0.769. The van der Waals surface area contributed by atoms with E-state index in [1.807, 2.05) is 0 Å². The molecule has 3 atom stereocenters. The number of fused-ring (bicyclic) bond motifs is 2. The van der Waals surface area contributed by atoms with Crippen molar-refractivity contribution in [2.24, 2.45) is 11.5 Å². The number of piperidine rings is 1. The van der Waals surface area contributed by atoms with E-state index in [1.165, 1.54) is 0 Å². The number of amides is 4. The third-order valence-electron chi connectivity index (χ3n) is 4.41. The minimum absolute atomic E-state index is 0.0546. The summed E-state index contributed by atoms with van der Waals surface area (Å²) in [5.74, 6) is -1.21. The molecule has 0 aromatic carbocycles. The zero-order chi connectivity index (χ0) is 20.2. The van der Waals surface area contributed by atoms with Crippen LogP contribution in [0.5, 0.6) is 0 Å². The summed E-state index contributed by atoms with van der Waals surface area (Å²) in [4.78, 5) is 37.5. The molecule has 14 heteroatoms. The van der Waals surface area contributed by atoms with Crippen LogP contribution >= 0.6 is 0 Å². The Morgan fingerprint density at radius 3 is 2.63 bits per heavy atom. The van der Waals surface area contributed by atoms with Gasteiger partial charge in [0.25, 0.3) is 11.8 Å². The fourth-order valence-electron chi connectivity index (χ4n) is 3.04. The zero-order valence-corrected chi connectivity index (χ0v) is 15.4. The van der Waals surface area contributed by atoms with Gasteiger partial charge in [0, 0.05) is 6.54 Å². The molecule has 2 heterocycles. The second kappa shape index (κ2) is 8.79. The molecule has 2 bridgehead atoms. The lowest BCUT2D eigenvalue weighted by Crippen LogP contribution is -2.56. The maximum Gasteiger partial charge on any atom is 0.418 e. The molecular weight excluding hydrogens is 384 g/mol. The molecular formula is C13H24N6O7S. The minimum atomic E-state index is -4.86. The topological polar surface area (TPSA) is 197 Å². The van der Waals surface area contributed by atoms with Crippen molar-refractivity contribution in [1.29, 1.82) is 0 Å². The maximum atomic E-state index is 12.3. The lowest BCUT2D eigenvalue weighted by molar-refractivity contribution is -0.132. The molecule has 2 aliphatic rings. The standard InChI is InChI=1S/C13H24N6O7S/c14-6-2-1-3-9(15)11(20)16-17-12(21)10-5-4-8-7-18(10)13(22)19(8)26-27(23,24)25/h8-10H,1-7,14-15H2,(H,16,20)(H,17,21)(H,23,24,25)/t8-,9-,10-/m0/s1. The Kier molecular flexibility index (Phi) is 6.94. The Morgan fingerprint density at radius 2 is 2.00 bits per heavy atom. The molecule has 0 saturated carbocycles. The number of hydrogen-bond donors (Lipinski definition) is 5. The number of carbonyl (C=O) groups is 3. The van der Waals surface area contributed by atoms with Crippen molar-refractivity contribution in [3.63, 3.8) is 0 Å². The van der Waals surface area contributed by atoms with E-state index in [9.17, 15) is 22.8 Å². The molecule has 13 nitrogen and oxygen atoms in total. The Morgan fingerprint density at radius 1 is 1.30 bits per heavy atom. The highest BCUT2D eigenvalue weighted by atomic mass is 32.3. The molecule has 154 valence electrons. The number of nitrogens with zero attached hydrogens (tertiary/aromatic N) is 2. The van der Waals surface area contributed by atoms with Gasteiger partial charge >= 0.3 is 16.4 Å². The van der Waals surface area contributed by atoms with Gasteiger partial charge in [0.05, 0.1) is 12.1 Å². The Hall–Kier alpha value is -2.00. The van der Waals surface area contributed by atoms with Crippen LogP contribution in [0, 0.1) is 0 Å². The van der Waals surface area contributed by atoms with Crippen molar-refractivity contribution in [2.45, 2.75) is 50.2 Å². The van der Waals surface area contributed by atoms with Crippen LogP contribution in [-0.4, -0.2) is 72.0 Å². The largest absolute Gasteiger partial charge is 0.418 e. The van der Waals surface area contributed by atoms with Crippen LogP contribution in [0.1, 0.15) is 32.1 Å². The summed E-state index contributed by atoms with van der Waals surface area (Å²) in [5.41, 5.74) is 15.5. The molecule has 27 heavy (non-hydrogen) atoms. The molecule has 2 rings (SSSR count). The predicted molar refractivity (Wildman–Crippen MR) is 90.6 cm³/mol. The molecule has 0 aromatic heterocycles. The molecule has 2 aliphatic heterocycles. The number of nitrogens with one attached hydrogen (secondary N) is 2. The lowest BCUT2D eigenvalue weighted by Gasteiger charge is -2.29. The third-order valence-corrected chi connectivity index (χ3v) is 4.76. The van der Waals surface area contributed by atoms with E-state index in [0.717, 1.165) is 11.3 Å². The van der Waals surface area contributed by atoms with Gasteiger partial charge in [-0.2, -0.15) is 13.5 Å². The summed E-state index contributed by atoms with van der Waals surface area (Å²) in [7, 11) is -4.86. The predicted octanol–water partition coefficient (Wildman–Crippen LogP) is -2.41. The van der Waals surface area contributed by atoms with Crippen molar-refractivity contribution in [1.82, 2.24) is 20.8 Å². The minimum Gasteiger partial charge on any atom is -0.330 e. The average Bonchev–Trinajstić information content (AvgIpc) is 2.83. The molecule has 7 N–H and O–H groups in total. The van der Waals surface area contributed by atoms with Gasteiger partial charge in [-0.1, -0.05) is 6.42 Å². The number of hydrogen-bond acceptors (Lipinski definition) is 8. The van der Waals surface area contributed by atoms with Gasteiger partial charge in [0.2, 0.25) is 0 Å². The molecule has 0 radical (unpaired) electrons. The van der Waals surface area contributed by atoms with E-state index in [-0.39, 0.29) is 19.4 Å². The summed E-state index contributed by atoms with van der Waals surface area (Å²) in [6.07, 6.45) is 2.33. The molecule has 2 fully saturated rings. The number of carbonyl (C=O) groups excluding carboxylic acids is 3. The van der Waals surface area contributed by atoms with Crippen LogP contribution in [0.25, 0.3) is 0 Å². The Bertz CT molecular complexity index is 687. The average molecular weight is 408 g/mol. The molecule has 0 unspecified atom stereocenters. The first-order chi connectivity index (χ1) is 12.6. The number of urea groups is 1. The summed E-state index contributed by atoms with van der Waals surface area (Å²) in [6.45, 7) is 0.551. The second-order valence-corrected chi connectivity index (χ2v) is 7.38. The SMILES string of the molecule is NCCCC[C@H](N)C(=O)NNC(=O)[C@@H]1CC[C@H]2CN1C(=O)N2OS(=O)(=O)O. The summed E-state index contributed by atoms with van der Waals surface area (Å²) >= 11 is 0. The van der Waals surface area contributed by atoms with Gasteiger partial charge in [-0.25, -0.2) is 4.79 Å². The molecule has 2 saturated heterocycles. The first kappa shape index (κ1) is 21.3.